The lowest BCUT2D eigenvalue weighted by Crippen LogP contribution is -2.54. The van der Waals surface area contributed by atoms with Gasteiger partial charge in [0.2, 0.25) is 0 Å². The SMILES string of the molecule is C=C1CC(CC[C@@]23C[C@H]4O[C@@H]5[C@@H](O[C@@H](CCCO)C(C)[C@@H]5O2)[C@H]4O3)O[C@H]1CCC1C[C@@H](C)C(=C)[C@@H](CC2O[C@H](C[C@H](C)CO[Si](CC)(CC)CC)[C@H](C)[C@H]2CC)O1.C=CC[C@@H]1O[C@H]2[C@H]3O[C@]4(CCC5CC(=C)[C@H](CCC6C[C@@H](C)C(=C)[C@@H](CC7O[C@H](C[C@H](C)CO[Si](CC)(CC)CC)[C@H](C)[C@H]7CC)O6)O5)C[C@H]3O[C@H]2[C@@H](O4)C1C.O=C=O.O=C=O. The summed E-state index contributed by atoms with van der Waals surface area (Å²) < 4.78 is 108. The first-order valence-corrected chi connectivity index (χ1v) is 52.6. The van der Waals surface area contributed by atoms with E-state index in [0.717, 1.165) is 161 Å². The van der Waals surface area contributed by atoms with Gasteiger partial charge in [-0.15, -0.1) is 6.58 Å². The van der Waals surface area contributed by atoms with Crippen LogP contribution in [0.25, 0.3) is 0 Å². The molecule has 0 aromatic rings. The van der Waals surface area contributed by atoms with Crippen molar-refractivity contribution in [1.29, 1.82) is 0 Å². The fourth-order valence-electron chi connectivity index (χ4n) is 24.0. The number of aliphatic hydroxyl groups is 1. The van der Waals surface area contributed by atoms with Crippen LogP contribution in [0.5, 0.6) is 0 Å². The number of hydrogen-bond donors (Lipinski definition) is 1. The lowest BCUT2D eigenvalue weighted by atomic mass is 9.80. The van der Waals surface area contributed by atoms with Crippen molar-refractivity contribution in [3.63, 3.8) is 0 Å². The first-order chi connectivity index (χ1) is 57.0. The van der Waals surface area contributed by atoms with E-state index < -0.39 is 28.2 Å². The molecule has 0 aliphatic carbocycles. The third-order valence-corrected chi connectivity index (χ3v) is 41.3. The number of hydrogen-bond acceptors (Lipinski definition) is 21. The van der Waals surface area contributed by atoms with Crippen LogP contribution in [0.2, 0.25) is 36.3 Å². The van der Waals surface area contributed by atoms with Crippen LogP contribution in [0, 0.1) is 59.2 Å². The van der Waals surface area contributed by atoms with Crippen molar-refractivity contribution in [3.05, 3.63) is 61.3 Å². The Morgan fingerprint density at radius 1 is 0.445 bits per heavy atom. The molecule has 36 atom stereocenters. The fraction of sp³-hybridized carbons (Fsp3) is 0.875. The molecule has 16 aliphatic rings. The second-order valence-electron chi connectivity index (χ2n) is 39.3. The summed E-state index contributed by atoms with van der Waals surface area (Å²) in [6.45, 7) is 61.2. The molecule has 0 aromatic carbocycles. The lowest BCUT2D eigenvalue weighted by Gasteiger charge is -2.42. The molecule has 12 bridgehead atoms. The van der Waals surface area contributed by atoms with Crippen LogP contribution in [0.4, 0.5) is 0 Å². The van der Waals surface area contributed by atoms with Gasteiger partial charge in [0.15, 0.2) is 28.2 Å². The maximum atomic E-state index is 9.46. The van der Waals surface area contributed by atoms with E-state index in [2.05, 4.69) is 144 Å². The van der Waals surface area contributed by atoms with E-state index in [-0.39, 0.29) is 177 Å². The summed E-state index contributed by atoms with van der Waals surface area (Å²) in [5, 5.41) is 9.46. The predicted octanol–water partition coefficient (Wildman–Crippen LogP) is 18.2. The van der Waals surface area contributed by atoms with Crippen LogP contribution in [0.3, 0.4) is 0 Å². The van der Waals surface area contributed by atoms with Crippen molar-refractivity contribution < 1.29 is 99.5 Å². The molecule has 676 valence electrons. The van der Waals surface area contributed by atoms with Gasteiger partial charge in [-0.25, -0.2) is 0 Å². The highest BCUT2D eigenvalue weighted by atomic mass is 28.4. The van der Waals surface area contributed by atoms with Crippen molar-refractivity contribution in [2.45, 2.75) is 453 Å². The summed E-state index contributed by atoms with van der Waals surface area (Å²) in [7, 11) is -3.17. The van der Waals surface area contributed by atoms with Crippen LogP contribution in [-0.4, -0.2) is 212 Å². The van der Waals surface area contributed by atoms with E-state index in [0.29, 0.717) is 47.3 Å². The van der Waals surface area contributed by atoms with Gasteiger partial charge >= 0.3 is 12.3 Å². The Kier molecular flexibility index (Phi) is 35.3. The van der Waals surface area contributed by atoms with Crippen LogP contribution in [0.1, 0.15) is 258 Å². The monoisotopic (exact) mass is 1700 g/mol. The van der Waals surface area contributed by atoms with Gasteiger partial charge in [-0.2, -0.15) is 19.2 Å². The average molecular weight is 1700 g/mol. The molecular formula is C96H158O21Si2. The first kappa shape index (κ1) is 96.8. The summed E-state index contributed by atoms with van der Waals surface area (Å²) in [6, 6.07) is 7.21. The predicted molar refractivity (Wildman–Crippen MR) is 460 cm³/mol. The van der Waals surface area contributed by atoms with Crippen LogP contribution < -0.4 is 0 Å². The Labute approximate surface area is 717 Å². The highest BCUT2D eigenvalue weighted by Gasteiger charge is 2.69. The lowest BCUT2D eigenvalue weighted by molar-refractivity contribution is -0.263. The van der Waals surface area contributed by atoms with Gasteiger partial charge < -0.3 is 80.3 Å². The topological polar surface area (TPSA) is 236 Å². The van der Waals surface area contributed by atoms with Crippen LogP contribution in [0.15, 0.2) is 61.3 Å². The first-order valence-electron chi connectivity index (χ1n) is 47.5. The Hall–Kier alpha value is -2.79. The number of carbonyl (C=O) groups excluding carboxylic acids is 4. The molecule has 0 amide bonds. The van der Waals surface area contributed by atoms with E-state index in [1.807, 2.05) is 6.08 Å². The second-order valence-corrected chi connectivity index (χ2v) is 48.9. The molecule has 16 saturated heterocycles. The Bertz CT molecular complexity index is 3310. The smallest absolute Gasteiger partial charge is 0.373 e. The molecule has 16 heterocycles. The zero-order chi connectivity index (χ0) is 86.0. The molecule has 0 saturated carbocycles. The van der Waals surface area contributed by atoms with Gasteiger partial charge in [0.05, 0.1) is 110 Å². The summed E-state index contributed by atoms with van der Waals surface area (Å²) in [5.41, 5.74) is 4.87. The minimum absolute atomic E-state index is 0.0134. The van der Waals surface area contributed by atoms with Gasteiger partial charge in [0.25, 0.3) is 0 Å². The normalized spacial score (nSPS) is 42.8. The van der Waals surface area contributed by atoms with Crippen molar-refractivity contribution in [3.8, 4) is 0 Å². The maximum Gasteiger partial charge on any atom is 0.373 e. The summed E-state index contributed by atoms with van der Waals surface area (Å²) in [5.74, 6) is 3.06. The number of aliphatic hydroxyl groups excluding tert-OH is 1. The molecule has 16 fully saturated rings. The highest BCUT2D eigenvalue weighted by Crippen LogP contribution is 2.57. The molecule has 21 nitrogen and oxygen atoms in total. The third kappa shape index (κ3) is 22.1. The van der Waals surface area contributed by atoms with Crippen molar-refractivity contribution >= 4 is 28.9 Å². The van der Waals surface area contributed by atoms with Crippen molar-refractivity contribution in [1.82, 2.24) is 0 Å². The van der Waals surface area contributed by atoms with E-state index in [1.54, 1.807) is 0 Å². The zero-order valence-corrected chi connectivity index (χ0v) is 78.0. The Morgan fingerprint density at radius 3 is 1.19 bits per heavy atom. The molecule has 23 heteroatoms. The second kappa shape index (κ2) is 43.3. The van der Waals surface area contributed by atoms with Gasteiger partial charge in [-0.1, -0.05) is 156 Å². The van der Waals surface area contributed by atoms with Crippen molar-refractivity contribution in [2.24, 2.45) is 59.2 Å². The van der Waals surface area contributed by atoms with E-state index in [1.165, 1.54) is 58.6 Å². The fourth-order valence-corrected chi connectivity index (χ4v) is 29.5. The highest BCUT2D eigenvalue weighted by molar-refractivity contribution is 6.74. The number of rotatable bonds is 39. The minimum Gasteiger partial charge on any atom is -0.417 e. The van der Waals surface area contributed by atoms with Gasteiger partial charge in [0.1, 0.15) is 36.6 Å². The summed E-state index contributed by atoms with van der Waals surface area (Å²) in [6.07, 6.45) is 24.8. The average Bonchev–Trinajstić information content (AvgIpc) is 1.56. The molecule has 119 heavy (non-hydrogen) atoms. The van der Waals surface area contributed by atoms with Gasteiger partial charge in [0, 0.05) is 70.2 Å². The largest absolute Gasteiger partial charge is 0.417 e. The zero-order valence-electron chi connectivity index (χ0n) is 76.0. The van der Waals surface area contributed by atoms with Gasteiger partial charge in [-0.3, -0.25) is 0 Å². The van der Waals surface area contributed by atoms with E-state index >= 15 is 0 Å². The van der Waals surface area contributed by atoms with Crippen molar-refractivity contribution in [2.75, 3.05) is 19.8 Å². The van der Waals surface area contributed by atoms with E-state index in [9.17, 15) is 5.11 Å². The molecule has 1 N–H and O–H groups in total. The molecule has 0 aromatic heterocycles. The third-order valence-electron chi connectivity index (χ3n) is 32.0. The molecule has 0 spiro atoms. The van der Waals surface area contributed by atoms with E-state index in [4.69, 9.17) is 94.3 Å². The minimum atomic E-state index is -1.59. The maximum absolute atomic E-state index is 9.46. The van der Waals surface area contributed by atoms with Gasteiger partial charge in [-0.05, 0) is 202 Å². The standard InChI is InChI=1S/C47H80O9Si.C47H78O8Si.2CO2/c1-11-36-32(9)39(22-28(5)27-49-57(12-2,13-3)14-4)52-41(36)25-40-31(8)29(6)23-34(51-40)17-18-37-30(7)24-35(50-37)19-20-47-26-42-44(56-47)46-45(54-42)43(55-47)33(10)38(53-46)16-15-21-48;1-12-17-38-33(11)43-45-46(52-38)44-42(53-45)26-47(54-43,55-44)21-20-35-24-30(8)37(49-35)19-18-34-23-29(7)31(9)40(50-34)25-41-36(13-2)32(10)39(51-41)22-28(6)27-48-56(14-3,15-4)16-5;2*2-1-3/h28-29,32-46,48H,7-8,11-27H2,1-6,9-10H3;12,28-29,32-46H,1,8-9,13-27H2,2-7,10-11H3;;/t2*28-,29+,32+,33?,34?,35?,36+,37-,38-,39+,40+,41?,42+,43-,44-,45-,46-,47+;;/m00../s1. The molecule has 8 unspecified atom stereocenters. The Balaban J connectivity index is 0.000000219. The number of ether oxygens (including phenoxy) is 14. The molecule has 0 radical (unpaired) electrons. The van der Waals surface area contributed by atoms with Crippen LogP contribution in [-0.2, 0) is 94.3 Å². The van der Waals surface area contributed by atoms with Crippen LogP contribution >= 0.6 is 0 Å². The molecular weight excluding hydrogens is 1550 g/mol. The quantitative estimate of drug-likeness (QED) is 0.0445. The summed E-state index contributed by atoms with van der Waals surface area (Å²) in [4.78, 5) is 32.5. The Morgan fingerprint density at radius 2 is 0.815 bits per heavy atom. The molecule has 16 aliphatic heterocycles. The molecule has 16 rings (SSSR count). The summed E-state index contributed by atoms with van der Waals surface area (Å²) >= 11 is 0.